The first-order valence-electron chi connectivity index (χ1n) is 11.5. The third-order valence-electron chi connectivity index (χ3n) is 5.99. The quantitative estimate of drug-likeness (QED) is 0.323. The molecule has 35 heavy (non-hydrogen) atoms. The predicted octanol–water partition coefficient (Wildman–Crippen LogP) is 4.96. The van der Waals surface area contributed by atoms with Crippen molar-refractivity contribution in [2.24, 2.45) is 0 Å². The highest BCUT2D eigenvalue weighted by atomic mass is 16.5. The minimum Gasteiger partial charge on any atom is -0.467 e. The first kappa shape index (κ1) is 24.0. The number of hydrogen-bond acceptors (Lipinski definition) is 5. The molecule has 2 aromatic carbocycles. The van der Waals surface area contributed by atoms with Gasteiger partial charge in [-0.25, -0.2) is 9.78 Å². The lowest BCUT2D eigenvalue weighted by atomic mass is 10.0. The van der Waals surface area contributed by atoms with Crippen molar-refractivity contribution in [1.29, 1.82) is 0 Å². The Morgan fingerprint density at radius 1 is 0.971 bits per heavy atom. The molecule has 0 saturated heterocycles. The Morgan fingerprint density at radius 3 is 2.26 bits per heavy atom. The molecule has 2 aromatic heterocycles. The van der Waals surface area contributed by atoms with Gasteiger partial charge in [-0.15, -0.1) is 0 Å². The topological polar surface area (TPSA) is 77.6 Å². The Labute approximate surface area is 205 Å². The van der Waals surface area contributed by atoms with Crippen molar-refractivity contribution in [3.8, 4) is 11.5 Å². The van der Waals surface area contributed by atoms with Gasteiger partial charge in [0, 0.05) is 37.8 Å². The van der Waals surface area contributed by atoms with Gasteiger partial charge < -0.3 is 18.6 Å². The fourth-order valence-electron chi connectivity index (χ4n) is 3.96. The summed E-state index contributed by atoms with van der Waals surface area (Å²) >= 11 is 0. The van der Waals surface area contributed by atoms with Crippen LogP contribution in [-0.2, 0) is 33.8 Å². The predicted molar refractivity (Wildman–Crippen MR) is 132 cm³/mol. The number of nitrogens with zero attached hydrogens (tertiary/aromatic N) is 3. The molecule has 0 aliphatic carbocycles. The number of hydrogen-bond donors (Lipinski definition) is 0. The summed E-state index contributed by atoms with van der Waals surface area (Å²) in [7, 11) is 1.40. The van der Waals surface area contributed by atoms with E-state index in [0.717, 1.165) is 22.4 Å². The number of amides is 1. The molecule has 180 valence electrons. The highest BCUT2D eigenvalue weighted by Gasteiger charge is 2.21. The van der Waals surface area contributed by atoms with E-state index in [1.54, 1.807) is 11.8 Å². The number of aryl methyl sites for hydroxylation is 1. The molecule has 0 bridgehead atoms. The number of carbonyl (C=O) groups excluding carboxylic acids is 2. The van der Waals surface area contributed by atoms with E-state index in [4.69, 9.17) is 9.15 Å². The van der Waals surface area contributed by atoms with Gasteiger partial charge in [-0.05, 0) is 42.3 Å². The lowest BCUT2D eigenvalue weighted by Crippen LogP contribution is -2.28. The van der Waals surface area contributed by atoms with E-state index in [2.05, 4.69) is 4.98 Å². The van der Waals surface area contributed by atoms with Crippen LogP contribution in [0.1, 0.15) is 35.5 Å². The molecule has 4 aromatic rings. The summed E-state index contributed by atoms with van der Waals surface area (Å²) in [6.45, 7) is 4.22. The largest absolute Gasteiger partial charge is 0.467 e. The maximum atomic E-state index is 12.4. The molecule has 4 rings (SSSR count). The van der Waals surface area contributed by atoms with E-state index >= 15 is 0 Å². The van der Waals surface area contributed by atoms with Crippen LogP contribution in [0.3, 0.4) is 0 Å². The molecule has 0 aliphatic rings. The lowest BCUT2D eigenvalue weighted by molar-refractivity contribution is -0.144. The van der Waals surface area contributed by atoms with Gasteiger partial charge in [-0.3, -0.25) is 4.79 Å². The molecule has 1 atom stereocenters. The summed E-state index contributed by atoms with van der Waals surface area (Å²) in [5.41, 5.74) is 3.64. The zero-order chi connectivity index (χ0) is 24.8. The summed E-state index contributed by atoms with van der Waals surface area (Å²) in [6, 6.07) is 21.0. The van der Waals surface area contributed by atoms with E-state index < -0.39 is 6.04 Å². The van der Waals surface area contributed by atoms with Gasteiger partial charge in [0.2, 0.25) is 11.8 Å². The van der Waals surface area contributed by atoms with Crippen molar-refractivity contribution in [3.63, 3.8) is 0 Å². The van der Waals surface area contributed by atoms with E-state index in [9.17, 15) is 9.59 Å². The summed E-state index contributed by atoms with van der Waals surface area (Å²) in [4.78, 5) is 31.1. The average Bonchev–Trinajstić information content (AvgIpc) is 3.53. The van der Waals surface area contributed by atoms with Gasteiger partial charge in [0.1, 0.15) is 17.5 Å². The molecular weight excluding hydrogens is 442 g/mol. The molecule has 2 heterocycles. The van der Waals surface area contributed by atoms with Crippen LogP contribution in [0.5, 0.6) is 0 Å². The zero-order valence-corrected chi connectivity index (χ0v) is 20.2. The third kappa shape index (κ3) is 5.87. The Bertz CT molecular complexity index is 1260. The molecule has 0 aliphatic heterocycles. The van der Waals surface area contributed by atoms with Crippen LogP contribution in [0.2, 0.25) is 0 Å². The van der Waals surface area contributed by atoms with Crippen molar-refractivity contribution in [3.05, 3.63) is 102 Å². The lowest BCUT2D eigenvalue weighted by Gasteiger charge is -2.21. The van der Waals surface area contributed by atoms with Crippen LogP contribution in [0.25, 0.3) is 11.5 Å². The highest BCUT2D eigenvalue weighted by molar-refractivity contribution is 5.74. The zero-order valence-electron chi connectivity index (χ0n) is 20.2. The van der Waals surface area contributed by atoms with Crippen LogP contribution in [0.4, 0.5) is 0 Å². The first-order chi connectivity index (χ1) is 16.9. The molecule has 0 spiro atoms. The summed E-state index contributed by atoms with van der Waals surface area (Å²) < 4.78 is 12.7. The second kappa shape index (κ2) is 10.9. The number of benzene rings is 2. The Kier molecular flexibility index (Phi) is 7.45. The molecule has 0 radical (unpaired) electrons. The van der Waals surface area contributed by atoms with Crippen molar-refractivity contribution in [2.45, 2.75) is 39.4 Å². The molecule has 0 fully saturated rings. The van der Waals surface area contributed by atoms with Crippen LogP contribution in [0.15, 0.2) is 83.5 Å². The molecule has 0 N–H and O–H groups in total. The maximum Gasteiger partial charge on any atom is 0.329 e. The number of ether oxygens (including phenoxy) is 1. The van der Waals surface area contributed by atoms with Crippen molar-refractivity contribution in [2.75, 3.05) is 7.11 Å². The standard InChI is InChI=1S/C28H29N3O4/c1-20-25(29-27(35-20)24-9-5-4-6-10-24)19-31(21(2)32)18-23-13-11-22(12-14-23)17-26(28(33)34-3)30-15-7-8-16-30/h4-16,26H,17-19H2,1-3H3. The molecule has 7 heteroatoms. The summed E-state index contributed by atoms with van der Waals surface area (Å²) in [5.74, 6) is 0.917. The van der Waals surface area contributed by atoms with Crippen molar-refractivity contribution >= 4 is 11.9 Å². The number of methoxy groups -OCH3 is 1. The third-order valence-corrected chi connectivity index (χ3v) is 5.99. The van der Waals surface area contributed by atoms with Crippen LogP contribution < -0.4 is 0 Å². The Morgan fingerprint density at radius 2 is 1.63 bits per heavy atom. The van der Waals surface area contributed by atoms with Crippen LogP contribution in [0, 0.1) is 6.92 Å². The first-order valence-corrected chi connectivity index (χ1v) is 11.5. The molecule has 0 saturated carbocycles. The van der Waals surface area contributed by atoms with E-state index in [-0.39, 0.29) is 11.9 Å². The van der Waals surface area contributed by atoms with Crippen LogP contribution >= 0.6 is 0 Å². The van der Waals surface area contributed by atoms with Gasteiger partial charge in [-0.1, -0.05) is 42.5 Å². The number of aromatic nitrogens is 2. The highest BCUT2D eigenvalue weighted by Crippen LogP contribution is 2.23. The fourth-order valence-corrected chi connectivity index (χ4v) is 3.96. The van der Waals surface area contributed by atoms with Crippen molar-refractivity contribution < 1.29 is 18.7 Å². The molecule has 7 nitrogen and oxygen atoms in total. The number of esters is 1. The van der Waals surface area contributed by atoms with Crippen molar-refractivity contribution in [1.82, 2.24) is 14.5 Å². The van der Waals surface area contributed by atoms with Gasteiger partial charge in [0.25, 0.3) is 0 Å². The SMILES string of the molecule is COC(=O)C(Cc1ccc(CN(Cc2nc(-c3ccccc3)oc2C)C(C)=O)cc1)n1cccc1. The Balaban J connectivity index is 1.45. The summed E-state index contributed by atoms with van der Waals surface area (Å²) in [5, 5.41) is 0. The number of oxazole rings is 1. The fraction of sp³-hybridized carbons (Fsp3) is 0.250. The molecule has 1 amide bonds. The number of carbonyl (C=O) groups is 2. The van der Waals surface area contributed by atoms with Gasteiger partial charge in [0.05, 0.1) is 13.7 Å². The molecule has 1 unspecified atom stereocenters. The molecular formula is C28H29N3O4. The van der Waals surface area contributed by atoms with E-state index in [0.29, 0.717) is 31.2 Å². The van der Waals surface area contributed by atoms with Gasteiger partial charge >= 0.3 is 5.97 Å². The Hall–Kier alpha value is -4.13. The van der Waals surface area contributed by atoms with E-state index in [1.165, 1.54) is 7.11 Å². The second-order valence-electron chi connectivity index (χ2n) is 8.45. The maximum absolute atomic E-state index is 12.4. The van der Waals surface area contributed by atoms with Crippen LogP contribution in [-0.4, -0.2) is 33.4 Å². The monoisotopic (exact) mass is 471 g/mol. The minimum atomic E-state index is -0.427. The summed E-state index contributed by atoms with van der Waals surface area (Å²) in [6.07, 6.45) is 4.23. The normalized spacial score (nSPS) is 11.7. The minimum absolute atomic E-state index is 0.0453. The number of rotatable bonds is 9. The van der Waals surface area contributed by atoms with E-state index in [1.807, 2.05) is 90.6 Å². The van der Waals surface area contributed by atoms with Gasteiger partial charge in [-0.2, -0.15) is 0 Å². The van der Waals surface area contributed by atoms with Gasteiger partial charge in [0.15, 0.2) is 0 Å². The smallest absolute Gasteiger partial charge is 0.329 e. The second-order valence-corrected chi connectivity index (χ2v) is 8.45. The average molecular weight is 472 g/mol.